The lowest BCUT2D eigenvalue weighted by Crippen LogP contribution is -1.93. The van der Waals surface area contributed by atoms with Crippen LogP contribution in [0.5, 0.6) is 0 Å². The Morgan fingerprint density at radius 2 is 1.82 bits per heavy atom. The van der Waals surface area contributed by atoms with Crippen LogP contribution in [0.3, 0.4) is 0 Å². The second-order valence-electron chi connectivity index (χ2n) is 2.53. The molecule has 1 rings (SSSR count). The van der Waals surface area contributed by atoms with Crippen molar-refractivity contribution in [2.45, 2.75) is 17.1 Å². The molecule has 0 amide bonds. The second-order valence-corrected chi connectivity index (χ2v) is 4.33. The summed E-state index contributed by atoms with van der Waals surface area (Å²) in [5.41, 5.74) is 1.40. The summed E-state index contributed by atoms with van der Waals surface area (Å²) in [6, 6.07) is 8.37. The highest BCUT2D eigenvalue weighted by Gasteiger charge is 2.07. The molecule has 1 atom stereocenters. The van der Waals surface area contributed by atoms with Gasteiger partial charge in [-0.15, -0.1) is 12.6 Å². The zero-order valence-corrected chi connectivity index (χ0v) is 8.57. The predicted molar refractivity (Wildman–Crippen MR) is 56.8 cm³/mol. The maximum Gasteiger partial charge on any atom is 0.137 e. The van der Waals surface area contributed by atoms with Crippen molar-refractivity contribution in [2.75, 3.05) is 6.26 Å². The molecule has 2 heteroatoms. The molecule has 0 aromatic heterocycles. The normalized spacial score (nSPS) is 13.0. The fourth-order valence-corrected chi connectivity index (χ4v) is 1.52. The van der Waals surface area contributed by atoms with Gasteiger partial charge in [-0.2, -0.15) is 0 Å². The minimum atomic E-state index is 0.643. The Morgan fingerprint density at radius 3 is 2.27 bits per heavy atom. The van der Waals surface area contributed by atoms with Gasteiger partial charge in [0, 0.05) is 10.5 Å². The largest absolute Gasteiger partial charge is 0.143 e. The van der Waals surface area contributed by atoms with E-state index in [9.17, 15) is 0 Å². The van der Waals surface area contributed by atoms with Crippen molar-refractivity contribution in [1.29, 1.82) is 0 Å². The molecule has 0 radical (unpaired) electrons. The molecule has 0 saturated carbocycles. The van der Waals surface area contributed by atoms with Gasteiger partial charge in [0.1, 0.15) is 5.25 Å². The Morgan fingerprint density at radius 1 is 1.27 bits per heavy atom. The molecule has 0 bridgehead atoms. The van der Waals surface area contributed by atoms with Gasteiger partial charge in [-0.3, -0.25) is 0 Å². The van der Waals surface area contributed by atoms with Crippen LogP contribution >= 0.6 is 12.6 Å². The first kappa shape index (κ1) is 9.01. The third kappa shape index (κ3) is 2.46. The predicted octanol–water partition coefficient (Wildman–Crippen LogP) is 2.48. The first-order valence-electron chi connectivity index (χ1n) is 3.62. The van der Waals surface area contributed by atoms with Gasteiger partial charge in [0.15, 0.2) is 0 Å². The standard InChI is InChI=1S/C9H12S2/c1-7(11-2)8-3-5-9(10)6-4-8/h3-7,10H,1-2H3/p+1/t7-/m0/s1. The summed E-state index contributed by atoms with van der Waals surface area (Å²) < 4.78 is 0. The molecule has 0 unspecified atom stereocenters. The van der Waals surface area contributed by atoms with Crippen molar-refractivity contribution >= 4 is 24.4 Å². The smallest absolute Gasteiger partial charge is 0.137 e. The van der Waals surface area contributed by atoms with Crippen molar-refractivity contribution in [3.8, 4) is 0 Å². The first-order valence-corrected chi connectivity index (χ1v) is 5.47. The zero-order valence-electron chi connectivity index (χ0n) is 6.78. The van der Waals surface area contributed by atoms with E-state index in [4.69, 9.17) is 0 Å². The lowest BCUT2D eigenvalue weighted by Gasteiger charge is -2.01. The SMILES string of the molecule is C[SH+][C@@H](C)c1ccc(S)cc1. The quantitative estimate of drug-likeness (QED) is 0.531. The van der Waals surface area contributed by atoms with Crippen LogP contribution < -0.4 is 0 Å². The van der Waals surface area contributed by atoms with Crippen LogP contribution in [0, 0.1) is 0 Å². The summed E-state index contributed by atoms with van der Waals surface area (Å²) in [5.74, 6) is 0. The second kappa shape index (κ2) is 4.07. The van der Waals surface area contributed by atoms with E-state index in [1.54, 1.807) is 0 Å². The van der Waals surface area contributed by atoms with E-state index in [0.717, 1.165) is 4.90 Å². The number of rotatable bonds is 2. The molecular weight excluding hydrogens is 172 g/mol. The van der Waals surface area contributed by atoms with Crippen molar-refractivity contribution in [2.24, 2.45) is 0 Å². The fraction of sp³-hybridized carbons (Fsp3) is 0.333. The van der Waals surface area contributed by atoms with Crippen LogP contribution in [-0.2, 0) is 11.8 Å². The van der Waals surface area contributed by atoms with E-state index in [0.29, 0.717) is 5.25 Å². The number of benzene rings is 1. The maximum atomic E-state index is 4.23. The molecule has 0 spiro atoms. The number of hydrogen-bond donors (Lipinski definition) is 1. The molecule has 0 aliphatic carbocycles. The maximum absolute atomic E-state index is 4.23. The fourth-order valence-electron chi connectivity index (χ4n) is 0.902. The van der Waals surface area contributed by atoms with Gasteiger partial charge in [-0.25, -0.2) is 0 Å². The van der Waals surface area contributed by atoms with Crippen LogP contribution in [0.2, 0.25) is 0 Å². The van der Waals surface area contributed by atoms with Gasteiger partial charge in [-0.05, 0) is 30.8 Å². The Balaban J connectivity index is 2.81. The molecule has 11 heavy (non-hydrogen) atoms. The molecule has 1 aromatic carbocycles. The minimum absolute atomic E-state index is 0.643. The molecule has 0 N–H and O–H groups in total. The first-order chi connectivity index (χ1) is 5.24. The van der Waals surface area contributed by atoms with Crippen LogP contribution in [0.25, 0.3) is 0 Å². The summed E-state index contributed by atoms with van der Waals surface area (Å²) >= 11 is 5.65. The van der Waals surface area contributed by atoms with E-state index in [2.05, 4.69) is 37.9 Å². The topological polar surface area (TPSA) is 0 Å². The summed E-state index contributed by atoms with van der Waals surface area (Å²) in [4.78, 5) is 1.04. The van der Waals surface area contributed by atoms with E-state index in [1.807, 2.05) is 12.1 Å². The zero-order chi connectivity index (χ0) is 8.27. The van der Waals surface area contributed by atoms with Crippen LogP contribution in [0.15, 0.2) is 29.2 Å². The highest BCUT2D eigenvalue weighted by molar-refractivity contribution is 7.80. The average Bonchev–Trinajstić information content (AvgIpc) is 2.05. The monoisotopic (exact) mass is 185 g/mol. The summed E-state index contributed by atoms with van der Waals surface area (Å²) in [7, 11) is 0. The molecule has 0 heterocycles. The van der Waals surface area contributed by atoms with Crippen molar-refractivity contribution in [3.05, 3.63) is 29.8 Å². The molecular formula is C9H13S2+. The van der Waals surface area contributed by atoms with Gasteiger partial charge in [-0.1, -0.05) is 12.1 Å². The Kier molecular flexibility index (Phi) is 3.34. The van der Waals surface area contributed by atoms with Gasteiger partial charge in [0.2, 0.25) is 0 Å². The summed E-state index contributed by atoms with van der Waals surface area (Å²) in [5, 5.41) is 0.643. The minimum Gasteiger partial charge on any atom is -0.143 e. The van der Waals surface area contributed by atoms with Crippen molar-refractivity contribution in [1.82, 2.24) is 0 Å². The lowest BCUT2D eigenvalue weighted by molar-refractivity contribution is 1.09. The third-order valence-electron chi connectivity index (χ3n) is 1.76. The van der Waals surface area contributed by atoms with Gasteiger partial charge in [0.05, 0.1) is 6.26 Å². The Bertz CT molecular complexity index is 216. The lowest BCUT2D eigenvalue weighted by atomic mass is 10.2. The molecule has 0 fully saturated rings. The molecule has 0 aliphatic heterocycles. The van der Waals surface area contributed by atoms with Crippen LogP contribution in [-0.4, -0.2) is 6.26 Å². The van der Waals surface area contributed by atoms with Crippen LogP contribution in [0.1, 0.15) is 17.7 Å². The summed E-state index contributed by atoms with van der Waals surface area (Å²) in [6.45, 7) is 2.23. The van der Waals surface area contributed by atoms with Gasteiger partial charge < -0.3 is 0 Å². The van der Waals surface area contributed by atoms with E-state index >= 15 is 0 Å². The molecule has 0 nitrogen and oxygen atoms in total. The van der Waals surface area contributed by atoms with Crippen molar-refractivity contribution in [3.63, 3.8) is 0 Å². The highest BCUT2D eigenvalue weighted by Crippen LogP contribution is 2.17. The molecule has 1 aromatic rings. The van der Waals surface area contributed by atoms with E-state index in [1.165, 1.54) is 17.3 Å². The van der Waals surface area contributed by atoms with Gasteiger partial charge in [0.25, 0.3) is 0 Å². The number of thiol groups is 2. The van der Waals surface area contributed by atoms with Crippen molar-refractivity contribution < 1.29 is 0 Å². The molecule has 60 valence electrons. The van der Waals surface area contributed by atoms with Gasteiger partial charge >= 0.3 is 0 Å². The van der Waals surface area contributed by atoms with Crippen LogP contribution in [0.4, 0.5) is 0 Å². The summed E-state index contributed by atoms with van der Waals surface area (Å²) in [6.07, 6.45) is 2.18. The Hall–Kier alpha value is -0.0800. The molecule has 0 aliphatic rings. The third-order valence-corrected chi connectivity index (χ3v) is 3.13. The highest BCUT2D eigenvalue weighted by atomic mass is 32.2. The average molecular weight is 185 g/mol. The molecule has 0 saturated heterocycles. The van der Waals surface area contributed by atoms with E-state index in [-0.39, 0.29) is 0 Å². The number of hydrogen-bond acceptors (Lipinski definition) is 1. The van der Waals surface area contributed by atoms with E-state index < -0.39 is 0 Å². The Labute approximate surface area is 77.8 Å².